The van der Waals surface area contributed by atoms with Crippen LogP contribution in [0.25, 0.3) is 0 Å². The van der Waals surface area contributed by atoms with Gasteiger partial charge in [0.15, 0.2) is 0 Å². The van der Waals surface area contributed by atoms with Crippen LogP contribution in [-0.2, 0) is 4.79 Å². The van der Waals surface area contributed by atoms with Gasteiger partial charge < -0.3 is 20.4 Å². The number of hydrogen-bond donors (Lipinski definition) is 3. The molecule has 0 aromatic heterocycles. The molecule has 0 aromatic rings. The summed E-state index contributed by atoms with van der Waals surface area (Å²) in [7, 11) is 0. The molecule has 0 aromatic carbocycles. The van der Waals surface area contributed by atoms with Crippen LogP contribution in [-0.4, -0.2) is 59.4 Å². The van der Waals surface area contributed by atoms with Crippen LogP contribution in [0.1, 0.15) is 97.8 Å². The van der Waals surface area contributed by atoms with Gasteiger partial charge in [0, 0.05) is 19.5 Å². The molecule has 35 heavy (non-hydrogen) atoms. The Labute approximate surface area is 213 Å². The van der Waals surface area contributed by atoms with Crippen molar-refractivity contribution in [3.63, 3.8) is 0 Å². The lowest BCUT2D eigenvalue weighted by Crippen LogP contribution is -2.58. The van der Waals surface area contributed by atoms with Crippen molar-refractivity contribution in [1.82, 2.24) is 10.2 Å². The van der Waals surface area contributed by atoms with Gasteiger partial charge in [-0.2, -0.15) is 0 Å². The van der Waals surface area contributed by atoms with E-state index >= 15 is 0 Å². The van der Waals surface area contributed by atoms with Gasteiger partial charge in [0.05, 0.1) is 12.2 Å². The van der Waals surface area contributed by atoms with E-state index in [-0.39, 0.29) is 18.1 Å². The highest BCUT2D eigenvalue weighted by molar-refractivity contribution is 5.75. The second kappa shape index (κ2) is 10.3. The van der Waals surface area contributed by atoms with Gasteiger partial charge in [-0.15, -0.1) is 0 Å². The Balaban J connectivity index is 1.17. The molecule has 5 heteroatoms. The lowest BCUT2D eigenvalue weighted by molar-refractivity contribution is -0.174. The average molecular weight is 489 g/mol. The van der Waals surface area contributed by atoms with E-state index in [1.54, 1.807) is 0 Å². The summed E-state index contributed by atoms with van der Waals surface area (Å²) in [4.78, 5) is 15.0. The number of carbonyl (C=O) groups is 1. The Bertz CT molecular complexity index is 754. The highest BCUT2D eigenvalue weighted by Crippen LogP contribution is 2.68. The van der Waals surface area contributed by atoms with E-state index in [0.29, 0.717) is 52.8 Å². The van der Waals surface area contributed by atoms with Crippen LogP contribution in [0.5, 0.6) is 0 Å². The number of aliphatic hydroxyl groups is 2. The van der Waals surface area contributed by atoms with Crippen LogP contribution in [0.15, 0.2) is 0 Å². The third kappa shape index (κ3) is 4.83. The quantitative estimate of drug-likeness (QED) is 0.489. The van der Waals surface area contributed by atoms with Crippen LogP contribution < -0.4 is 5.32 Å². The second-order valence-electron chi connectivity index (χ2n) is 13.9. The molecule has 0 radical (unpaired) electrons. The molecule has 4 aliphatic carbocycles. The van der Waals surface area contributed by atoms with Gasteiger partial charge in [-0.3, -0.25) is 4.79 Å². The Morgan fingerprint density at radius 1 is 1.00 bits per heavy atom. The number of nitrogens with one attached hydrogen (secondary N) is 1. The summed E-state index contributed by atoms with van der Waals surface area (Å²) in [5, 5.41) is 24.9. The first kappa shape index (κ1) is 26.0. The molecule has 5 aliphatic rings. The first-order chi connectivity index (χ1) is 16.7. The molecule has 0 spiro atoms. The molecule has 1 aliphatic heterocycles. The number of hydrogen-bond acceptors (Lipinski definition) is 4. The van der Waals surface area contributed by atoms with E-state index in [1.807, 2.05) is 0 Å². The van der Waals surface area contributed by atoms with E-state index in [2.05, 4.69) is 31.0 Å². The Kier molecular flexibility index (Phi) is 7.61. The van der Waals surface area contributed by atoms with Crippen molar-refractivity contribution in [3.8, 4) is 0 Å². The zero-order valence-corrected chi connectivity index (χ0v) is 22.7. The third-order valence-electron chi connectivity index (χ3n) is 12.2. The summed E-state index contributed by atoms with van der Waals surface area (Å²) in [6.07, 6.45) is 12.7. The molecule has 5 rings (SSSR count). The van der Waals surface area contributed by atoms with Crippen LogP contribution in [0.4, 0.5) is 0 Å². The topological polar surface area (TPSA) is 72.8 Å². The predicted octanol–water partition coefficient (Wildman–Crippen LogP) is 4.61. The van der Waals surface area contributed by atoms with Crippen molar-refractivity contribution in [3.05, 3.63) is 0 Å². The SMILES string of the molecule is C[C@H](CCC(=O)NCCN1CCCC1)[C@H]1CC[C@H]2[C@@H]3[C@@H](O)C[C@@H]4C[C@H](O)CC[C@]4(C)[C@H]3CC[C@]12C. The summed E-state index contributed by atoms with van der Waals surface area (Å²) >= 11 is 0. The lowest BCUT2D eigenvalue weighted by atomic mass is 9.43. The van der Waals surface area contributed by atoms with Crippen LogP contribution in [0, 0.1) is 46.3 Å². The monoisotopic (exact) mass is 488 g/mol. The number of fused-ring (bicyclic) bond motifs is 5. The van der Waals surface area contributed by atoms with E-state index in [1.165, 1.54) is 51.6 Å². The fourth-order valence-electron chi connectivity index (χ4n) is 10.2. The van der Waals surface area contributed by atoms with Crippen molar-refractivity contribution < 1.29 is 15.0 Å². The molecule has 5 fully saturated rings. The van der Waals surface area contributed by atoms with Gasteiger partial charge >= 0.3 is 0 Å². The van der Waals surface area contributed by atoms with Gasteiger partial charge in [-0.05, 0) is 130 Å². The van der Waals surface area contributed by atoms with Gasteiger partial charge in [-0.1, -0.05) is 20.8 Å². The molecule has 1 saturated heterocycles. The van der Waals surface area contributed by atoms with Gasteiger partial charge in [0.1, 0.15) is 0 Å². The van der Waals surface area contributed by atoms with Crippen molar-refractivity contribution in [1.29, 1.82) is 0 Å². The Hall–Kier alpha value is -0.650. The van der Waals surface area contributed by atoms with Crippen molar-refractivity contribution >= 4 is 5.91 Å². The largest absolute Gasteiger partial charge is 0.393 e. The molecular formula is C30H52N2O3. The number of likely N-dealkylation sites (tertiary alicyclic amines) is 1. The van der Waals surface area contributed by atoms with Crippen LogP contribution in [0.2, 0.25) is 0 Å². The van der Waals surface area contributed by atoms with E-state index < -0.39 is 0 Å². The summed E-state index contributed by atoms with van der Waals surface area (Å²) in [5.74, 6) is 3.57. The maximum absolute atomic E-state index is 12.5. The number of aliphatic hydroxyl groups excluding tert-OH is 2. The summed E-state index contributed by atoms with van der Waals surface area (Å²) in [6, 6.07) is 0. The van der Waals surface area contributed by atoms with E-state index in [9.17, 15) is 15.0 Å². The lowest BCUT2D eigenvalue weighted by Gasteiger charge is -2.62. The van der Waals surface area contributed by atoms with Gasteiger partial charge in [0.2, 0.25) is 5.91 Å². The molecule has 5 nitrogen and oxygen atoms in total. The van der Waals surface area contributed by atoms with Crippen LogP contribution in [0.3, 0.4) is 0 Å². The molecule has 200 valence electrons. The number of nitrogens with zero attached hydrogens (tertiary/aromatic N) is 1. The predicted molar refractivity (Wildman–Crippen MR) is 140 cm³/mol. The van der Waals surface area contributed by atoms with Crippen LogP contribution >= 0.6 is 0 Å². The maximum Gasteiger partial charge on any atom is 0.220 e. The Morgan fingerprint density at radius 2 is 1.71 bits per heavy atom. The summed E-state index contributed by atoms with van der Waals surface area (Å²) < 4.78 is 0. The Morgan fingerprint density at radius 3 is 2.49 bits per heavy atom. The molecular weight excluding hydrogens is 436 g/mol. The fraction of sp³-hybridized carbons (Fsp3) is 0.967. The maximum atomic E-state index is 12.5. The van der Waals surface area contributed by atoms with Crippen molar-refractivity contribution in [2.24, 2.45) is 46.3 Å². The standard InChI is InChI=1S/C30H52N2O3/c1-20(6-9-27(35)31-14-17-32-15-4-5-16-32)23-7-8-24-28-25(11-13-30(23,24)3)29(2)12-10-22(33)18-21(29)19-26(28)34/h20-26,28,33-34H,4-19H2,1-3H3,(H,31,35)/t20-,21+,22-,23-,24+,25+,26+,28+,29+,30-/m1/s1. The highest BCUT2D eigenvalue weighted by atomic mass is 16.3. The first-order valence-electron chi connectivity index (χ1n) is 15.1. The zero-order chi connectivity index (χ0) is 24.8. The smallest absolute Gasteiger partial charge is 0.220 e. The minimum absolute atomic E-state index is 0.167. The van der Waals surface area contributed by atoms with Gasteiger partial charge in [-0.25, -0.2) is 0 Å². The number of rotatable bonds is 7. The molecule has 1 heterocycles. The fourth-order valence-corrected chi connectivity index (χ4v) is 10.2. The second-order valence-corrected chi connectivity index (χ2v) is 13.9. The first-order valence-corrected chi connectivity index (χ1v) is 15.1. The van der Waals surface area contributed by atoms with Gasteiger partial charge in [0.25, 0.3) is 0 Å². The average Bonchev–Trinajstić information content (AvgIpc) is 3.46. The highest BCUT2D eigenvalue weighted by Gasteiger charge is 2.62. The molecule has 3 N–H and O–H groups in total. The van der Waals surface area contributed by atoms with Crippen molar-refractivity contribution in [2.75, 3.05) is 26.2 Å². The molecule has 10 atom stereocenters. The normalized spacial score (nSPS) is 46.5. The summed E-state index contributed by atoms with van der Waals surface area (Å²) in [5.41, 5.74) is 0.590. The van der Waals surface area contributed by atoms with E-state index in [4.69, 9.17) is 0 Å². The number of carbonyl (C=O) groups excluding carboxylic acids is 1. The minimum atomic E-state index is -0.205. The van der Waals surface area contributed by atoms with E-state index in [0.717, 1.165) is 45.2 Å². The third-order valence-corrected chi connectivity index (χ3v) is 12.2. The number of amides is 1. The minimum Gasteiger partial charge on any atom is -0.393 e. The molecule has 1 amide bonds. The summed E-state index contributed by atoms with van der Waals surface area (Å²) in [6.45, 7) is 11.6. The molecule has 0 bridgehead atoms. The zero-order valence-electron chi connectivity index (χ0n) is 22.7. The van der Waals surface area contributed by atoms with Crippen molar-refractivity contribution in [2.45, 2.75) is 110 Å². The molecule has 4 saturated carbocycles. The molecule has 0 unspecified atom stereocenters.